The third-order valence-electron chi connectivity index (χ3n) is 10.6. The summed E-state index contributed by atoms with van der Waals surface area (Å²) in [6, 6.07) is 23.4. The van der Waals surface area contributed by atoms with Crippen LogP contribution < -0.4 is 0 Å². The third kappa shape index (κ3) is 6.85. The van der Waals surface area contributed by atoms with Gasteiger partial charge in [-0.05, 0) is 106 Å². The van der Waals surface area contributed by atoms with Crippen molar-refractivity contribution in [3.63, 3.8) is 0 Å². The van der Waals surface area contributed by atoms with Gasteiger partial charge in [-0.2, -0.15) is 0 Å². The molecule has 2 saturated carbocycles. The summed E-state index contributed by atoms with van der Waals surface area (Å²) in [5.41, 5.74) is 8.01. The molecule has 0 unspecified atom stereocenters. The highest BCUT2D eigenvalue weighted by molar-refractivity contribution is 5.55. The standard InChI is InChI=1S/C41H48O4/c1-41(2,33-23-31(21-27-13-17-35(42)18-14-27)39(44)37(25-33)29-9-5-3-6-10-29)34-24-32(22-28-15-19-36(43)20-16-28)40(45)38(26-34)30-11-7-4-8-12-30/h13-20,23-26,29-30,42-45H,3-12,21-22H2,1-2H3. The van der Waals surface area contributed by atoms with Crippen LogP contribution in [0, 0.1) is 0 Å². The topological polar surface area (TPSA) is 80.9 Å². The van der Waals surface area contributed by atoms with Gasteiger partial charge in [0.05, 0.1) is 0 Å². The van der Waals surface area contributed by atoms with Crippen LogP contribution in [0.1, 0.15) is 134 Å². The average molecular weight is 605 g/mol. The summed E-state index contributed by atoms with van der Waals surface area (Å²) in [4.78, 5) is 0. The fourth-order valence-corrected chi connectivity index (χ4v) is 7.71. The molecular weight excluding hydrogens is 556 g/mol. The number of rotatable bonds is 8. The molecule has 4 aromatic carbocycles. The number of phenolic OH excluding ortho intramolecular Hbond substituents is 4. The second-order valence-corrected chi connectivity index (χ2v) is 14.1. The van der Waals surface area contributed by atoms with Crippen LogP contribution >= 0.6 is 0 Å². The lowest BCUT2D eigenvalue weighted by Crippen LogP contribution is -2.22. The lowest BCUT2D eigenvalue weighted by Gasteiger charge is -2.32. The van der Waals surface area contributed by atoms with Crippen LogP contribution in [-0.2, 0) is 18.3 Å². The molecule has 2 fully saturated rings. The average Bonchev–Trinajstić information content (AvgIpc) is 3.05. The van der Waals surface area contributed by atoms with Crippen LogP contribution in [0.3, 0.4) is 0 Å². The molecule has 0 heterocycles. The molecule has 4 aromatic rings. The molecule has 0 saturated heterocycles. The van der Waals surface area contributed by atoms with Crippen molar-refractivity contribution < 1.29 is 20.4 Å². The van der Waals surface area contributed by atoms with Gasteiger partial charge in [0, 0.05) is 18.3 Å². The van der Waals surface area contributed by atoms with Gasteiger partial charge < -0.3 is 20.4 Å². The van der Waals surface area contributed by atoms with Gasteiger partial charge in [-0.3, -0.25) is 0 Å². The van der Waals surface area contributed by atoms with E-state index in [1.165, 1.54) is 49.7 Å². The summed E-state index contributed by atoms with van der Waals surface area (Å²) in [6.45, 7) is 4.55. The van der Waals surface area contributed by atoms with Gasteiger partial charge in [-0.1, -0.05) is 101 Å². The Hall–Kier alpha value is -3.92. The highest BCUT2D eigenvalue weighted by Crippen LogP contribution is 2.46. The Labute approximate surface area is 268 Å². The Morgan fingerprint density at radius 1 is 0.511 bits per heavy atom. The molecule has 4 heteroatoms. The molecule has 236 valence electrons. The minimum absolute atomic E-state index is 0.241. The molecule has 0 radical (unpaired) electrons. The number of benzene rings is 4. The zero-order chi connectivity index (χ0) is 31.6. The Kier molecular flexibility index (Phi) is 9.12. The second kappa shape index (κ2) is 13.2. The van der Waals surface area contributed by atoms with Crippen molar-refractivity contribution in [2.45, 2.75) is 108 Å². The fraction of sp³-hybridized carbons (Fsp3) is 0.415. The molecule has 0 amide bonds. The van der Waals surface area contributed by atoms with Crippen LogP contribution in [-0.4, -0.2) is 20.4 Å². The summed E-state index contributed by atoms with van der Waals surface area (Å²) < 4.78 is 0. The van der Waals surface area contributed by atoms with Gasteiger partial charge in [0.1, 0.15) is 23.0 Å². The lowest BCUT2D eigenvalue weighted by molar-refractivity contribution is 0.409. The van der Waals surface area contributed by atoms with Crippen LogP contribution in [0.5, 0.6) is 23.0 Å². The summed E-state index contributed by atoms with van der Waals surface area (Å²) in [6.07, 6.45) is 12.8. The van der Waals surface area contributed by atoms with E-state index in [2.05, 4.69) is 38.1 Å². The Balaban J connectivity index is 1.46. The van der Waals surface area contributed by atoms with Crippen molar-refractivity contribution in [2.24, 2.45) is 0 Å². The highest BCUT2D eigenvalue weighted by Gasteiger charge is 2.31. The number of aromatic hydroxyl groups is 4. The number of phenols is 4. The third-order valence-corrected chi connectivity index (χ3v) is 10.6. The van der Waals surface area contributed by atoms with E-state index in [1.807, 2.05) is 24.3 Å². The monoisotopic (exact) mass is 604 g/mol. The van der Waals surface area contributed by atoms with Crippen LogP contribution in [0.15, 0.2) is 72.8 Å². The zero-order valence-electron chi connectivity index (χ0n) is 26.9. The molecule has 2 aliphatic rings. The maximum absolute atomic E-state index is 11.7. The van der Waals surface area contributed by atoms with E-state index in [9.17, 15) is 20.4 Å². The molecule has 45 heavy (non-hydrogen) atoms. The predicted molar refractivity (Wildman–Crippen MR) is 182 cm³/mol. The van der Waals surface area contributed by atoms with Crippen molar-refractivity contribution in [3.05, 3.63) is 117 Å². The first-order chi connectivity index (χ1) is 21.7. The van der Waals surface area contributed by atoms with Gasteiger partial charge in [0.15, 0.2) is 0 Å². The van der Waals surface area contributed by atoms with Crippen LogP contribution in [0.4, 0.5) is 0 Å². The zero-order valence-corrected chi connectivity index (χ0v) is 26.9. The van der Waals surface area contributed by atoms with E-state index in [0.29, 0.717) is 36.2 Å². The molecule has 0 bridgehead atoms. The van der Waals surface area contributed by atoms with E-state index >= 15 is 0 Å². The molecule has 0 atom stereocenters. The summed E-state index contributed by atoms with van der Waals surface area (Å²) in [7, 11) is 0. The Morgan fingerprint density at radius 2 is 0.867 bits per heavy atom. The molecule has 2 aliphatic carbocycles. The molecular formula is C41H48O4. The smallest absolute Gasteiger partial charge is 0.122 e. The molecule has 0 aliphatic heterocycles. The van der Waals surface area contributed by atoms with E-state index in [0.717, 1.165) is 59.1 Å². The maximum Gasteiger partial charge on any atom is 0.122 e. The van der Waals surface area contributed by atoms with Gasteiger partial charge >= 0.3 is 0 Å². The largest absolute Gasteiger partial charge is 0.508 e. The van der Waals surface area contributed by atoms with Crippen LogP contribution in [0.25, 0.3) is 0 Å². The number of hydrogen-bond acceptors (Lipinski definition) is 4. The van der Waals surface area contributed by atoms with Gasteiger partial charge in [-0.15, -0.1) is 0 Å². The second-order valence-electron chi connectivity index (χ2n) is 14.1. The Morgan fingerprint density at radius 3 is 1.22 bits per heavy atom. The highest BCUT2D eigenvalue weighted by atomic mass is 16.3. The normalized spacial score (nSPS) is 16.6. The Bertz CT molecular complexity index is 1480. The number of hydrogen-bond donors (Lipinski definition) is 4. The first kappa shape index (κ1) is 31.1. The summed E-state index contributed by atoms with van der Waals surface area (Å²) >= 11 is 0. The van der Waals surface area contributed by atoms with Crippen molar-refractivity contribution in [1.29, 1.82) is 0 Å². The minimum Gasteiger partial charge on any atom is -0.508 e. The summed E-state index contributed by atoms with van der Waals surface area (Å²) in [5.74, 6) is 1.99. The van der Waals surface area contributed by atoms with Gasteiger partial charge in [0.2, 0.25) is 0 Å². The molecule has 4 nitrogen and oxygen atoms in total. The molecule has 0 aromatic heterocycles. The van der Waals surface area contributed by atoms with E-state index < -0.39 is 0 Å². The van der Waals surface area contributed by atoms with Crippen LogP contribution in [0.2, 0.25) is 0 Å². The van der Waals surface area contributed by atoms with E-state index in [4.69, 9.17) is 0 Å². The maximum atomic E-state index is 11.7. The quantitative estimate of drug-likeness (QED) is 0.161. The first-order valence-electron chi connectivity index (χ1n) is 17.0. The lowest BCUT2D eigenvalue weighted by atomic mass is 9.72. The SMILES string of the molecule is CC(C)(c1cc(Cc2ccc(O)cc2)c(O)c(C2CCCCC2)c1)c1cc(Cc2ccc(O)cc2)c(O)c(C2CCCCC2)c1. The summed E-state index contributed by atoms with van der Waals surface area (Å²) in [5, 5.41) is 43.1. The molecule has 6 rings (SSSR count). The van der Waals surface area contributed by atoms with Crippen molar-refractivity contribution in [3.8, 4) is 23.0 Å². The molecule has 4 N–H and O–H groups in total. The fourth-order valence-electron chi connectivity index (χ4n) is 7.71. The van der Waals surface area contributed by atoms with Gasteiger partial charge in [-0.25, -0.2) is 0 Å². The van der Waals surface area contributed by atoms with Crippen molar-refractivity contribution in [1.82, 2.24) is 0 Å². The van der Waals surface area contributed by atoms with Crippen molar-refractivity contribution in [2.75, 3.05) is 0 Å². The minimum atomic E-state index is -0.387. The predicted octanol–water partition coefficient (Wildman–Crippen LogP) is 10.1. The van der Waals surface area contributed by atoms with Crippen molar-refractivity contribution >= 4 is 0 Å². The van der Waals surface area contributed by atoms with E-state index in [1.54, 1.807) is 24.3 Å². The van der Waals surface area contributed by atoms with Gasteiger partial charge in [0.25, 0.3) is 0 Å². The molecule has 0 spiro atoms. The first-order valence-corrected chi connectivity index (χ1v) is 17.0. The van der Waals surface area contributed by atoms with E-state index in [-0.39, 0.29) is 16.9 Å².